The Bertz CT molecular complexity index is 950. The quantitative estimate of drug-likeness (QED) is 0.665. The van der Waals surface area contributed by atoms with E-state index < -0.39 is 0 Å². The zero-order chi connectivity index (χ0) is 18.1. The first-order valence-electron chi connectivity index (χ1n) is 8.11. The van der Waals surface area contributed by atoms with Crippen LogP contribution in [0.4, 0.5) is 5.69 Å². The van der Waals surface area contributed by atoms with Crippen molar-refractivity contribution in [3.8, 4) is 11.5 Å². The number of phenolic OH excluding ortho intramolecular Hbond substituents is 1. The first-order valence-corrected chi connectivity index (χ1v) is 8.11. The van der Waals surface area contributed by atoms with Gasteiger partial charge in [0.15, 0.2) is 5.75 Å². The molecule has 1 heterocycles. The van der Waals surface area contributed by atoms with Crippen molar-refractivity contribution in [1.82, 2.24) is 4.98 Å². The standard InChI is InChI=1S/C20H20N2O3/c1-11(2)16-15(23)10-9-14-17(16)18(19(24)12(3)21-14)22-20(25)13-7-5-4-6-8-13/h4-11,23-24H,1-3H3,(H,21,22,25). The molecule has 1 aromatic heterocycles. The van der Waals surface area contributed by atoms with Crippen LogP contribution < -0.4 is 5.32 Å². The van der Waals surface area contributed by atoms with Crippen LogP contribution in [0.5, 0.6) is 11.5 Å². The van der Waals surface area contributed by atoms with Crippen LogP contribution in [0.25, 0.3) is 10.9 Å². The zero-order valence-corrected chi connectivity index (χ0v) is 14.4. The lowest BCUT2D eigenvalue weighted by molar-refractivity contribution is 0.102. The topological polar surface area (TPSA) is 82.5 Å². The van der Waals surface area contributed by atoms with E-state index in [0.717, 1.165) is 0 Å². The molecule has 0 saturated carbocycles. The number of rotatable bonds is 3. The van der Waals surface area contributed by atoms with Gasteiger partial charge in [0.05, 0.1) is 16.9 Å². The predicted octanol–water partition coefficient (Wildman–Crippen LogP) is 4.33. The van der Waals surface area contributed by atoms with Crippen LogP contribution in [0.15, 0.2) is 42.5 Å². The lowest BCUT2D eigenvalue weighted by atomic mass is 9.95. The van der Waals surface area contributed by atoms with Gasteiger partial charge in [-0.3, -0.25) is 4.79 Å². The van der Waals surface area contributed by atoms with Gasteiger partial charge in [0.2, 0.25) is 0 Å². The number of nitrogens with zero attached hydrogens (tertiary/aromatic N) is 1. The molecule has 2 aromatic carbocycles. The monoisotopic (exact) mass is 336 g/mol. The summed E-state index contributed by atoms with van der Waals surface area (Å²) < 4.78 is 0. The molecule has 0 aliphatic carbocycles. The molecule has 0 aliphatic heterocycles. The van der Waals surface area contributed by atoms with Crippen molar-refractivity contribution >= 4 is 22.5 Å². The molecular weight excluding hydrogens is 316 g/mol. The summed E-state index contributed by atoms with van der Waals surface area (Å²) in [4.78, 5) is 17.0. The lowest BCUT2D eigenvalue weighted by Gasteiger charge is -2.18. The minimum Gasteiger partial charge on any atom is -0.508 e. The van der Waals surface area contributed by atoms with E-state index in [9.17, 15) is 15.0 Å². The van der Waals surface area contributed by atoms with Gasteiger partial charge in [-0.2, -0.15) is 0 Å². The Labute approximate surface area is 146 Å². The number of anilines is 1. The van der Waals surface area contributed by atoms with Gasteiger partial charge < -0.3 is 15.5 Å². The van der Waals surface area contributed by atoms with Gasteiger partial charge >= 0.3 is 0 Å². The average Bonchev–Trinajstić information content (AvgIpc) is 2.59. The summed E-state index contributed by atoms with van der Waals surface area (Å²) in [5, 5.41) is 24.2. The summed E-state index contributed by atoms with van der Waals surface area (Å²) in [6.45, 7) is 5.55. The summed E-state index contributed by atoms with van der Waals surface area (Å²) in [7, 11) is 0. The Morgan fingerprint density at radius 3 is 2.40 bits per heavy atom. The molecular formula is C20H20N2O3. The number of fused-ring (bicyclic) bond motifs is 1. The van der Waals surface area contributed by atoms with Crippen LogP contribution in [0, 0.1) is 6.92 Å². The molecule has 0 spiro atoms. The third kappa shape index (κ3) is 3.01. The molecule has 3 aromatic rings. The number of phenols is 1. The number of aromatic nitrogens is 1. The maximum absolute atomic E-state index is 12.6. The molecule has 0 radical (unpaired) electrons. The highest BCUT2D eigenvalue weighted by Gasteiger charge is 2.21. The van der Waals surface area contributed by atoms with E-state index in [2.05, 4.69) is 10.3 Å². The van der Waals surface area contributed by atoms with Crippen molar-refractivity contribution in [3.63, 3.8) is 0 Å². The van der Waals surface area contributed by atoms with Crippen LogP contribution in [-0.4, -0.2) is 21.1 Å². The van der Waals surface area contributed by atoms with Crippen LogP contribution >= 0.6 is 0 Å². The normalized spacial score (nSPS) is 11.0. The molecule has 0 aliphatic rings. The Balaban J connectivity index is 2.24. The molecule has 0 saturated heterocycles. The lowest BCUT2D eigenvalue weighted by Crippen LogP contribution is -2.13. The fourth-order valence-electron chi connectivity index (χ4n) is 2.97. The number of aromatic hydroxyl groups is 2. The Morgan fingerprint density at radius 2 is 1.76 bits per heavy atom. The van der Waals surface area contributed by atoms with Crippen LogP contribution in [0.2, 0.25) is 0 Å². The minimum absolute atomic E-state index is 0.0139. The number of carbonyl (C=O) groups excluding carboxylic acids is 1. The minimum atomic E-state index is -0.333. The highest BCUT2D eigenvalue weighted by atomic mass is 16.3. The number of benzene rings is 2. The first kappa shape index (κ1) is 16.8. The highest BCUT2D eigenvalue weighted by Crippen LogP contribution is 2.41. The van der Waals surface area contributed by atoms with E-state index in [1.807, 2.05) is 19.9 Å². The summed E-state index contributed by atoms with van der Waals surface area (Å²) in [5.41, 5.74) is 2.42. The third-order valence-corrected chi connectivity index (χ3v) is 4.17. The fraction of sp³-hybridized carbons (Fsp3) is 0.200. The van der Waals surface area contributed by atoms with Gasteiger partial charge in [-0.1, -0.05) is 32.0 Å². The van der Waals surface area contributed by atoms with Crippen molar-refractivity contribution in [1.29, 1.82) is 0 Å². The maximum atomic E-state index is 12.6. The number of hydrogen-bond donors (Lipinski definition) is 3. The number of nitrogens with one attached hydrogen (secondary N) is 1. The summed E-state index contributed by atoms with van der Waals surface area (Å²) in [6, 6.07) is 12.0. The van der Waals surface area contributed by atoms with Gasteiger partial charge in [-0.05, 0) is 37.1 Å². The van der Waals surface area contributed by atoms with E-state index in [0.29, 0.717) is 27.7 Å². The summed E-state index contributed by atoms with van der Waals surface area (Å²) >= 11 is 0. The number of amides is 1. The molecule has 3 N–H and O–H groups in total. The molecule has 0 unspecified atom stereocenters. The van der Waals surface area contributed by atoms with Gasteiger partial charge in [-0.15, -0.1) is 0 Å². The van der Waals surface area contributed by atoms with Crippen LogP contribution in [0.1, 0.15) is 41.4 Å². The largest absolute Gasteiger partial charge is 0.508 e. The predicted molar refractivity (Wildman–Crippen MR) is 98.3 cm³/mol. The Hall–Kier alpha value is -3.08. The number of hydrogen-bond acceptors (Lipinski definition) is 4. The van der Waals surface area contributed by atoms with Crippen molar-refractivity contribution in [2.24, 2.45) is 0 Å². The van der Waals surface area contributed by atoms with Crippen molar-refractivity contribution in [2.75, 3.05) is 5.32 Å². The fourth-order valence-corrected chi connectivity index (χ4v) is 2.97. The molecule has 0 fully saturated rings. The molecule has 128 valence electrons. The number of aryl methyl sites for hydroxylation is 1. The smallest absolute Gasteiger partial charge is 0.255 e. The second-order valence-electron chi connectivity index (χ2n) is 6.29. The Kier molecular flexibility index (Phi) is 4.31. The van der Waals surface area contributed by atoms with E-state index in [1.54, 1.807) is 43.3 Å². The Morgan fingerprint density at radius 1 is 1.08 bits per heavy atom. The molecule has 0 bridgehead atoms. The van der Waals surface area contributed by atoms with Crippen molar-refractivity contribution < 1.29 is 15.0 Å². The molecule has 5 nitrogen and oxygen atoms in total. The van der Waals surface area contributed by atoms with Crippen molar-refractivity contribution in [3.05, 3.63) is 59.3 Å². The van der Waals surface area contributed by atoms with Gasteiger partial charge in [-0.25, -0.2) is 4.98 Å². The SMILES string of the molecule is Cc1nc2ccc(O)c(C(C)C)c2c(NC(=O)c2ccccc2)c1O. The number of carbonyl (C=O) groups is 1. The van der Waals surface area contributed by atoms with E-state index in [-0.39, 0.29) is 29.0 Å². The van der Waals surface area contributed by atoms with Gasteiger partial charge in [0, 0.05) is 16.5 Å². The summed E-state index contributed by atoms with van der Waals surface area (Å²) in [6.07, 6.45) is 0. The second-order valence-corrected chi connectivity index (χ2v) is 6.29. The highest BCUT2D eigenvalue weighted by molar-refractivity contribution is 6.11. The number of pyridine rings is 1. The molecule has 3 rings (SSSR count). The van der Waals surface area contributed by atoms with Crippen molar-refractivity contribution in [2.45, 2.75) is 26.7 Å². The third-order valence-electron chi connectivity index (χ3n) is 4.17. The zero-order valence-electron chi connectivity index (χ0n) is 14.4. The van der Waals surface area contributed by atoms with E-state index in [4.69, 9.17) is 0 Å². The van der Waals surface area contributed by atoms with E-state index >= 15 is 0 Å². The van der Waals surface area contributed by atoms with E-state index in [1.165, 1.54) is 0 Å². The average molecular weight is 336 g/mol. The van der Waals surface area contributed by atoms with Crippen LogP contribution in [0.3, 0.4) is 0 Å². The molecule has 0 atom stereocenters. The summed E-state index contributed by atoms with van der Waals surface area (Å²) in [5.74, 6) is -0.326. The second kappa shape index (κ2) is 6.43. The van der Waals surface area contributed by atoms with Crippen LogP contribution in [-0.2, 0) is 0 Å². The van der Waals surface area contributed by atoms with Gasteiger partial charge in [0.25, 0.3) is 5.91 Å². The first-order chi connectivity index (χ1) is 11.9. The van der Waals surface area contributed by atoms with Gasteiger partial charge in [0.1, 0.15) is 5.75 Å². The molecule has 25 heavy (non-hydrogen) atoms. The molecule has 1 amide bonds. The maximum Gasteiger partial charge on any atom is 0.255 e. The molecule has 5 heteroatoms.